The van der Waals surface area contributed by atoms with E-state index in [-0.39, 0.29) is 5.91 Å². The number of amides is 1. The van der Waals surface area contributed by atoms with Gasteiger partial charge >= 0.3 is 0 Å². The molecule has 1 aromatic heterocycles. The third-order valence-corrected chi connectivity index (χ3v) is 5.72. The van der Waals surface area contributed by atoms with Crippen molar-refractivity contribution in [3.8, 4) is 16.8 Å². The molecule has 0 saturated heterocycles. The molecule has 1 amide bonds. The van der Waals surface area contributed by atoms with E-state index in [1.54, 1.807) is 16.8 Å². The first-order valence-corrected chi connectivity index (χ1v) is 10.5. The van der Waals surface area contributed by atoms with E-state index in [1.807, 2.05) is 73.7 Å². The van der Waals surface area contributed by atoms with Gasteiger partial charge in [-0.25, -0.2) is 0 Å². The van der Waals surface area contributed by atoms with Crippen LogP contribution >= 0.6 is 23.4 Å². The summed E-state index contributed by atoms with van der Waals surface area (Å²) in [5, 5.41) is 15.6. The lowest BCUT2D eigenvalue weighted by Gasteiger charge is -2.14. The van der Waals surface area contributed by atoms with E-state index in [4.69, 9.17) is 11.6 Å². The Morgan fingerprint density at radius 3 is 2.47 bits per heavy atom. The average molecular weight is 436 g/mol. The van der Waals surface area contributed by atoms with Crippen molar-refractivity contribution in [3.63, 3.8) is 0 Å². The van der Waals surface area contributed by atoms with Crippen LogP contribution in [-0.4, -0.2) is 31.4 Å². The van der Waals surface area contributed by atoms with Crippen LogP contribution in [-0.2, 0) is 4.79 Å². The van der Waals surface area contributed by atoms with Gasteiger partial charge in [0.15, 0.2) is 0 Å². The average Bonchev–Trinajstić information content (AvgIpc) is 3.23. The van der Waals surface area contributed by atoms with Crippen LogP contribution in [0.3, 0.4) is 0 Å². The minimum atomic E-state index is -0.411. The molecule has 1 atom stereocenters. The number of nitrogens with one attached hydrogen (secondary N) is 1. The van der Waals surface area contributed by atoms with Gasteiger partial charge in [-0.3, -0.25) is 4.79 Å². The predicted molar refractivity (Wildman–Crippen MR) is 120 cm³/mol. The van der Waals surface area contributed by atoms with Crippen LogP contribution in [0.1, 0.15) is 6.92 Å². The zero-order valence-corrected chi connectivity index (χ0v) is 17.6. The number of thioether (sulfide) groups is 1. The summed E-state index contributed by atoms with van der Waals surface area (Å²) >= 11 is 7.24. The van der Waals surface area contributed by atoms with Crippen molar-refractivity contribution in [2.75, 3.05) is 5.32 Å². The molecule has 4 rings (SSSR count). The van der Waals surface area contributed by atoms with Crippen molar-refractivity contribution in [2.24, 2.45) is 0 Å². The maximum absolute atomic E-state index is 12.9. The molecule has 0 saturated carbocycles. The Bertz CT molecular complexity index is 1150. The van der Waals surface area contributed by atoms with Crippen molar-refractivity contribution in [2.45, 2.75) is 17.3 Å². The van der Waals surface area contributed by atoms with Crippen LogP contribution in [0, 0.1) is 0 Å². The van der Waals surface area contributed by atoms with Crippen LogP contribution in [0.2, 0.25) is 5.02 Å². The summed E-state index contributed by atoms with van der Waals surface area (Å²) in [7, 11) is 0. The molecule has 0 spiro atoms. The Morgan fingerprint density at radius 1 is 1.00 bits per heavy atom. The second-order valence-corrected chi connectivity index (χ2v) is 8.26. The van der Waals surface area contributed by atoms with Crippen LogP contribution < -0.4 is 5.32 Å². The molecule has 0 bridgehead atoms. The molecular weight excluding hydrogens is 418 g/mol. The van der Waals surface area contributed by atoms with Gasteiger partial charge in [0, 0.05) is 16.3 Å². The third kappa shape index (κ3) is 4.53. The molecule has 1 unspecified atom stereocenters. The fourth-order valence-corrected chi connectivity index (χ4v) is 3.84. The third-order valence-electron chi connectivity index (χ3n) is 4.43. The number of aromatic nitrogens is 4. The molecule has 0 aliphatic heterocycles. The maximum Gasteiger partial charge on any atom is 0.237 e. The van der Waals surface area contributed by atoms with E-state index in [0.717, 1.165) is 22.5 Å². The Labute approximate surface area is 183 Å². The Morgan fingerprint density at radius 2 is 1.70 bits per heavy atom. The highest BCUT2D eigenvalue weighted by Gasteiger charge is 2.20. The second-order valence-electron chi connectivity index (χ2n) is 6.51. The molecule has 30 heavy (non-hydrogen) atoms. The van der Waals surface area contributed by atoms with Gasteiger partial charge in [0.1, 0.15) is 0 Å². The van der Waals surface area contributed by atoms with Crippen LogP contribution in [0.5, 0.6) is 0 Å². The van der Waals surface area contributed by atoms with Gasteiger partial charge in [-0.2, -0.15) is 4.68 Å². The first kappa shape index (κ1) is 20.1. The number of tetrazole rings is 1. The smallest absolute Gasteiger partial charge is 0.237 e. The number of para-hydroxylation sites is 1. The molecule has 0 fully saturated rings. The van der Waals surface area contributed by atoms with Gasteiger partial charge in [0.05, 0.1) is 10.9 Å². The van der Waals surface area contributed by atoms with E-state index < -0.39 is 5.25 Å². The summed E-state index contributed by atoms with van der Waals surface area (Å²) < 4.78 is 1.59. The number of hydrogen-bond acceptors (Lipinski definition) is 5. The number of carbonyl (C=O) groups is 1. The van der Waals surface area contributed by atoms with E-state index in [2.05, 4.69) is 20.8 Å². The largest absolute Gasteiger partial charge is 0.325 e. The molecule has 8 heteroatoms. The highest BCUT2D eigenvalue weighted by atomic mass is 35.5. The summed E-state index contributed by atoms with van der Waals surface area (Å²) in [6.07, 6.45) is 0. The monoisotopic (exact) mass is 435 g/mol. The minimum Gasteiger partial charge on any atom is -0.325 e. The van der Waals surface area contributed by atoms with E-state index in [1.165, 1.54) is 11.8 Å². The van der Waals surface area contributed by atoms with E-state index in [9.17, 15) is 4.79 Å². The van der Waals surface area contributed by atoms with Crippen molar-refractivity contribution in [3.05, 3.63) is 83.9 Å². The highest BCUT2D eigenvalue weighted by Crippen LogP contribution is 2.29. The Balaban J connectivity index is 1.50. The number of anilines is 1. The summed E-state index contributed by atoms with van der Waals surface area (Å²) in [5.74, 6) is -0.131. The second kappa shape index (κ2) is 9.11. The maximum atomic E-state index is 12.9. The summed E-state index contributed by atoms with van der Waals surface area (Å²) in [6, 6.07) is 24.9. The molecule has 0 aliphatic carbocycles. The number of benzene rings is 3. The van der Waals surface area contributed by atoms with Crippen LogP contribution in [0.4, 0.5) is 5.69 Å². The predicted octanol–water partition coefficient (Wildman–Crippen LogP) is 5.10. The molecule has 0 aliphatic rings. The molecule has 150 valence electrons. The van der Waals surface area contributed by atoms with Crippen molar-refractivity contribution < 1.29 is 4.79 Å². The first-order valence-electron chi connectivity index (χ1n) is 9.28. The van der Waals surface area contributed by atoms with Gasteiger partial charge in [-0.05, 0) is 53.2 Å². The number of hydrogen-bond donors (Lipinski definition) is 1. The van der Waals surface area contributed by atoms with Crippen LogP contribution in [0.25, 0.3) is 16.8 Å². The molecule has 0 radical (unpaired) electrons. The van der Waals surface area contributed by atoms with Gasteiger partial charge in [0.2, 0.25) is 11.1 Å². The van der Waals surface area contributed by atoms with Crippen LogP contribution in [0.15, 0.2) is 84.0 Å². The number of rotatable bonds is 6. The summed E-state index contributed by atoms with van der Waals surface area (Å²) in [5.41, 5.74) is 3.54. The summed E-state index contributed by atoms with van der Waals surface area (Å²) in [6.45, 7) is 1.83. The van der Waals surface area contributed by atoms with Crippen molar-refractivity contribution in [1.82, 2.24) is 20.2 Å². The lowest BCUT2D eigenvalue weighted by atomic mass is 10.0. The standard InChI is InChI=1S/C22H18ClN5OS/c1-15(30-22-25-26-27-28(22)18-13-11-17(23)12-14-18)21(29)24-20-10-6-5-9-19(20)16-7-3-2-4-8-16/h2-15H,1H3,(H,24,29). The summed E-state index contributed by atoms with van der Waals surface area (Å²) in [4.78, 5) is 12.9. The number of halogens is 1. The lowest BCUT2D eigenvalue weighted by molar-refractivity contribution is -0.115. The molecule has 1 heterocycles. The van der Waals surface area contributed by atoms with Gasteiger partial charge in [-0.15, -0.1) is 5.10 Å². The Kier molecular flexibility index (Phi) is 6.11. The van der Waals surface area contributed by atoms with Crippen molar-refractivity contribution >= 4 is 35.0 Å². The molecule has 6 nitrogen and oxygen atoms in total. The zero-order valence-electron chi connectivity index (χ0n) is 16.1. The van der Waals surface area contributed by atoms with Gasteiger partial charge in [0.25, 0.3) is 0 Å². The SMILES string of the molecule is CC(Sc1nnnn1-c1ccc(Cl)cc1)C(=O)Nc1ccccc1-c1ccccc1. The molecular formula is C22H18ClN5OS. The first-order chi connectivity index (χ1) is 14.6. The van der Waals surface area contributed by atoms with Gasteiger partial charge in [-0.1, -0.05) is 71.9 Å². The normalized spacial score (nSPS) is 11.8. The number of nitrogens with zero attached hydrogens (tertiary/aromatic N) is 4. The topological polar surface area (TPSA) is 72.7 Å². The van der Waals surface area contributed by atoms with Gasteiger partial charge < -0.3 is 5.32 Å². The molecule has 3 aromatic carbocycles. The zero-order chi connectivity index (χ0) is 20.9. The molecule has 1 N–H and O–H groups in total. The number of carbonyl (C=O) groups excluding carboxylic acids is 1. The van der Waals surface area contributed by atoms with Crippen molar-refractivity contribution in [1.29, 1.82) is 0 Å². The molecule has 4 aromatic rings. The fourth-order valence-electron chi connectivity index (χ4n) is 2.90. The van der Waals surface area contributed by atoms with E-state index >= 15 is 0 Å². The Hall–Kier alpha value is -3.16. The quantitative estimate of drug-likeness (QED) is 0.426. The highest BCUT2D eigenvalue weighted by molar-refractivity contribution is 8.00. The lowest BCUT2D eigenvalue weighted by Crippen LogP contribution is -2.23. The minimum absolute atomic E-state index is 0.131. The fraction of sp³-hybridized carbons (Fsp3) is 0.0909. The van der Waals surface area contributed by atoms with E-state index in [0.29, 0.717) is 10.2 Å².